The summed E-state index contributed by atoms with van der Waals surface area (Å²) in [5.74, 6) is 0. The number of nitrogens with one attached hydrogen (secondary N) is 1. The fourth-order valence-corrected chi connectivity index (χ4v) is 1.40. The van der Waals surface area contributed by atoms with E-state index in [-0.39, 0.29) is 5.41 Å². The van der Waals surface area contributed by atoms with Gasteiger partial charge in [-0.3, -0.25) is 0 Å². The first kappa shape index (κ1) is 11.1. The van der Waals surface area contributed by atoms with Crippen molar-refractivity contribution in [3.05, 3.63) is 29.8 Å². The predicted molar refractivity (Wildman–Crippen MR) is 63.9 cm³/mol. The summed E-state index contributed by atoms with van der Waals surface area (Å²) in [4.78, 5) is 0. The Hall–Kier alpha value is -0.980. The molecule has 0 atom stereocenters. The molecule has 0 aromatic heterocycles. The molecule has 1 heteroatoms. The van der Waals surface area contributed by atoms with E-state index in [0.29, 0.717) is 6.04 Å². The molecule has 1 nitrogen and oxygen atoms in total. The van der Waals surface area contributed by atoms with Crippen molar-refractivity contribution in [1.82, 2.24) is 0 Å². The molecule has 0 radical (unpaired) electrons. The molecule has 1 aromatic rings. The molecule has 0 unspecified atom stereocenters. The average molecular weight is 191 g/mol. The molecular weight excluding hydrogens is 170 g/mol. The maximum absolute atomic E-state index is 3.38. The van der Waals surface area contributed by atoms with E-state index >= 15 is 0 Å². The highest BCUT2D eigenvalue weighted by molar-refractivity contribution is 5.46. The van der Waals surface area contributed by atoms with Gasteiger partial charge in [0.1, 0.15) is 0 Å². The fourth-order valence-electron chi connectivity index (χ4n) is 1.40. The molecule has 0 aliphatic heterocycles. The first-order valence-corrected chi connectivity index (χ1v) is 5.26. The van der Waals surface area contributed by atoms with Crippen LogP contribution in [0.1, 0.15) is 40.2 Å². The second-order valence-corrected chi connectivity index (χ2v) is 5.13. The van der Waals surface area contributed by atoms with Crippen LogP contribution in [0.3, 0.4) is 0 Å². The Morgan fingerprint density at radius 1 is 1.00 bits per heavy atom. The highest BCUT2D eigenvalue weighted by Crippen LogP contribution is 2.23. The van der Waals surface area contributed by atoms with Crippen LogP contribution in [0.25, 0.3) is 0 Å². The molecule has 0 bridgehead atoms. The zero-order chi connectivity index (χ0) is 10.8. The normalized spacial score (nSPS) is 11.9. The Bertz CT molecular complexity index is 277. The van der Waals surface area contributed by atoms with E-state index in [1.807, 2.05) is 0 Å². The molecular formula is C13H21N. The van der Waals surface area contributed by atoms with Gasteiger partial charge >= 0.3 is 0 Å². The van der Waals surface area contributed by atoms with Crippen molar-refractivity contribution in [2.75, 3.05) is 5.32 Å². The van der Waals surface area contributed by atoms with Gasteiger partial charge < -0.3 is 5.32 Å². The van der Waals surface area contributed by atoms with Crippen LogP contribution in [0, 0.1) is 0 Å². The highest BCUT2D eigenvalue weighted by Gasteiger charge is 2.12. The van der Waals surface area contributed by atoms with Crippen LogP contribution in [0.15, 0.2) is 24.3 Å². The fraction of sp³-hybridized carbons (Fsp3) is 0.538. The van der Waals surface area contributed by atoms with Crippen molar-refractivity contribution in [1.29, 1.82) is 0 Å². The monoisotopic (exact) mass is 191 g/mol. The van der Waals surface area contributed by atoms with Gasteiger partial charge in [-0.2, -0.15) is 0 Å². The van der Waals surface area contributed by atoms with Gasteiger partial charge in [0.2, 0.25) is 0 Å². The van der Waals surface area contributed by atoms with Crippen molar-refractivity contribution < 1.29 is 0 Å². The van der Waals surface area contributed by atoms with Crippen LogP contribution in [0.5, 0.6) is 0 Å². The summed E-state index contributed by atoms with van der Waals surface area (Å²) in [6, 6.07) is 9.20. The molecule has 14 heavy (non-hydrogen) atoms. The minimum Gasteiger partial charge on any atom is -0.383 e. The topological polar surface area (TPSA) is 12.0 Å². The molecule has 1 rings (SSSR count). The van der Waals surface area contributed by atoms with Crippen LogP contribution in [0.4, 0.5) is 5.69 Å². The van der Waals surface area contributed by atoms with Crippen molar-refractivity contribution in [2.24, 2.45) is 0 Å². The standard InChI is InChI=1S/C13H21N/c1-10(2)14-12-8-6-11(7-9-12)13(3,4)5/h6-10,14H,1-5H3. The van der Waals surface area contributed by atoms with Crippen molar-refractivity contribution in [3.63, 3.8) is 0 Å². The number of rotatable bonds is 2. The van der Waals surface area contributed by atoms with Crippen LogP contribution in [-0.4, -0.2) is 6.04 Å². The summed E-state index contributed by atoms with van der Waals surface area (Å²) >= 11 is 0. The van der Waals surface area contributed by atoms with Gasteiger partial charge in [-0.05, 0) is 37.0 Å². The van der Waals surface area contributed by atoms with E-state index in [4.69, 9.17) is 0 Å². The molecule has 0 amide bonds. The van der Waals surface area contributed by atoms with Crippen molar-refractivity contribution >= 4 is 5.69 Å². The third kappa shape index (κ3) is 3.06. The smallest absolute Gasteiger partial charge is 0.0342 e. The van der Waals surface area contributed by atoms with Crippen molar-refractivity contribution in [3.8, 4) is 0 Å². The van der Waals surface area contributed by atoms with E-state index in [2.05, 4.69) is 64.2 Å². The first-order chi connectivity index (χ1) is 6.39. The molecule has 0 heterocycles. The molecule has 0 saturated carbocycles. The lowest BCUT2D eigenvalue weighted by molar-refractivity contribution is 0.590. The number of benzene rings is 1. The lowest BCUT2D eigenvalue weighted by Crippen LogP contribution is -2.12. The van der Waals surface area contributed by atoms with Crippen LogP contribution in [0.2, 0.25) is 0 Å². The Balaban J connectivity index is 2.79. The minimum absolute atomic E-state index is 0.246. The lowest BCUT2D eigenvalue weighted by atomic mass is 9.87. The predicted octanol–water partition coefficient (Wildman–Crippen LogP) is 3.80. The average Bonchev–Trinajstić information content (AvgIpc) is 2.02. The van der Waals surface area contributed by atoms with Crippen LogP contribution < -0.4 is 5.32 Å². The molecule has 0 aliphatic carbocycles. The zero-order valence-electron chi connectivity index (χ0n) is 9.89. The Morgan fingerprint density at radius 2 is 1.50 bits per heavy atom. The summed E-state index contributed by atoms with van der Waals surface area (Å²) in [5.41, 5.74) is 2.83. The van der Waals surface area contributed by atoms with E-state index in [1.54, 1.807) is 0 Å². The number of hydrogen-bond acceptors (Lipinski definition) is 1. The van der Waals surface area contributed by atoms with E-state index in [1.165, 1.54) is 11.3 Å². The van der Waals surface area contributed by atoms with Gasteiger partial charge in [-0.1, -0.05) is 32.9 Å². The van der Waals surface area contributed by atoms with Gasteiger partial charge in [-0.15, -0.1) is 0 Å². The van der Waals surface area contributed by atoms with Gasteiger partial charge in [0.05, 0.1) is 0 Å². The van der Waals surface area contributed by atoms with Gasteiger partial charge in [0.15, 0.2) is 0 Å². The maximum atomic E-state index is 3.38. The summed E-state index contributed by atoms with van der Waals surface area (Å²) in [6.45, 7) is 11.0. The Kier molecular flexibility index (Phi) is 3.20. The summed E-state index contributed by atoms with van der Waals surface area (Å²) < 4.78 is 0. The Morgan fingerprint density at radius 3 is 1.86 bits per heavy atom. The third-order valence-corrected chi connectivity index (χ3v) is 2.21. The summed E-state index contributed by atoms with van der Waals surface area (Å²) in [7, 11) is 0. The second kappa shape index (κ2) is 4.04. The quantitative estimate of drug-likeness (QED) is 0.749. The summed E-state index contributed by atoms with van der Waals surface area (Å²) in [5, 5.41) is 3.38. The highest BCUT2D eigenvalue weighted by atomic mass is 14.9. The van der Waals surface area contributed by atoms with Crippen LogP contribution >= 0.6 is 0 Å². The van der Waals surface area contributed by atoms with E-state index < -0.39 is 0 Å². The lowest BCUT2D eigenvalue weighted by Gasteiger charge is -2.19. The zero-order valence-corrected chi connectivity index (χ0v) is 9.89. The van der Waals surface area contributed by atoms with Gasteiger partial charge in [-0.25, -0.2) is 0 Å². The van der Waals surface area contributed by atoms with Crippen molar-refractivity contribution in [2.45, 2.75) is 46.1 Å². The molecule has 0 aliphatic rings. The number of anilines is 1. The Labute approximate surface area is 87.5 Å². The molecule has 78 valence electrons. The van der Waals surface area contributed by atoms with Gasteiger partial charge in [0, 0.05) is 11.7 Å². The van der Waals surface area contributed by atoms with Crippen LogP contribution in [-0.2, 0) is 5.41 Å². The van der Waals surface area contributed by atoms with E-state index in [0.717, 1.165) is 0 Å². The third-order valence-electron chi connectivity index (χ3n) is 2.21. The largest absolute Gasteiger partial charge is 0.383 e. The molecule has 1 N–H and O–H groups in total. The molecule has 1 aromatic carbocycles. The SMILES string of the molecule is CC(C)Nc1ccc(C(C)(C)C)cc1. The first-order valence-electron chi connectivity index (χ1n) is 5.26. The molecule has 0 fully saturated rings. The van der Waals surface area contributed by atoms with E-state index in [9.17, 15) is 0 Å². The molecule has 0 saturated heterocycles. The number of hydrogen-bond donors (Lipinski definition) is 1. The maximum Gasteiger partial charge on any atom is 0.0342 e. The molecule has 0 spiro atoms. The van der Waals surface area contributed by atoms with Gasteiger partial charge in [0.25, 0.3) is 0 Å². The second-order valence-electron chi connectivity index (χ2n) is 5.13. The summed E-state index contributed by atoms with van der Waals surface area (Å²) in [6.07, 6.45) is 0. The minimum atomic E-state index is 0.246.